The Balaban J connectivity index is 1.87. The topological polar surface area (TPSA) is 153 Å². The molecule has 3 aromatic rings. The molecule has 1 aromatic heterocycles. The number of aromatic amines is 1. The van der Waals surface area contributed by atoms with E-state index in [2.05, 4.69) is 16.3 Å². The summed E-state index contributed by atoms with van der Waals surface area (Å²) >= 11 is 0. The lowest BCUT2D eigenvalue weighted by Crippen LogP contribution is -2.47. The molecule has 2 aromatic carbocycles. The summed E-state index contributed by atoms with van der Waals surface area (Å²) in [6, 6.07) is 14.1. The van der Waals surface area contributed by atoms with Crippen LogP contribution in [-0.4, -0.2) is 49.9 Å². The number of H-pyrrole nitrogens is 1. The van der Waals surface area contributed by atoms with Crippen LogP contribution in [0.2, 0.25) is 0 Å². The number of nitrogens with two attached hydrogens (primary N) is 1. The number of esters is 1. The Bertz CT molecular complexity index is 1490. The van der Waals surface area contributed by atoms with Crippen LogP contribution in [0.5, 0.6) is 17.4 Å². The molecule has 1 atom stereocenters. The van der Waals surface area contributed by atoms with Crippen LogP contribution in [0.25, 0.3) is 11.3 Å². The van der Waals surface area contributed by atoms with Crippen LogP contribution in [0.3, 0.4) is 0 Å². The van der Waals surface area contributed by atoms with E-state index in [1.165, 1.54) is 26.2 Å². The summed E-state index contributed by atoms with van der Waals surface area (Å²) in [6.45, 7) is -0.363. The number of nitrogens with zero attached hydrogens (tertiary/aromatic N) is 3. The first-order valence-electron chi connectivity index (χ1n) is 10.8. The number of amides is 1. The van der Waals surface area contributed by atoms with Gasteiger partial charge in [-0.2, -0.15) is 5.26 Å². The maximum absolute atomic E-state index is 14.4. The quantitative estimate of drug-likeness (QED) is 0.514. The van der Waals surface area contributed by atoms with E-state index in [0.717, 1.165) is 0 Å². The minimum Gasteiger partial charge on any atom is -0.497 e. The largest absolute Gasteiger partial charge is 0.497 e. The van der Waals surface area contributed by atoms with Gasteiger partial charge in [-0.25, -0.2) is 0 Å². The molecule has 182 valence electrons. The minimum absolute atomic E-state index is 0.0226. The van der Waals surface area contributed by atoms with E-state index < -0.39 is 17.3 Å². The van der Waals surface area contributed by atoms with Crippen molar-refractivity contribution in [2.45, 2.75) is 5.41 Å². The van der Waals surface area contributed by atoms with E-state index in [9.17, 15) is 14.9 Å². The zero-order chi connectivity index (χ0) is 25.6. The molecule has 2 aliphatic heterocycles. The molecule has 1 amide bonds. The zero-order valence-electron chi connectivity index (χ0n) is 19.6. The lowest BCUT2D eigenvalue weighted by molar-refractivity contribution is -0.140. The molecule has 5 rings (SSSR count). The molecule has 2 aliphatic rings. The Morgan fingerprint density at radius 1 is 1.22 bits per heavy atom. The normalized spacial score (nSPS) is 17.8. The first kappa shape index (κ1) is 22.8. The summed E-state index contributed by atoms with van der Waals surface area (Å²) in [5.74, 6) is -0.440. The van der Waals surface area contributed by atoms with E-state index in [4.69, 9.17) is 24.7 Å². The molecule has 0 fully saturated rings. The number of ether oxygens (including phenoxy) is 4. The Labute approximate surface area is 205 Å². The number of fused-ring (bicyclic) bond motifs is 4. The number of benzene rings is 2. The third-order valence-corrected chi connectivity index (χ3v) is 6.40. The molecule has 0 saturated heterocycles. The molecule has 0 aliphatic carbocycles. The Morgan fingerprint density at radius 2 is 2.00 bits per heavy atom. The van der Waals surface area contributed by atoms with Crippen LogP contribution in [0, 0.1) is 11.3 Å². The number of rotatable bonds is 5. The van der Waals surface area contributed by atoms with Gasteiger partial charge in [-0.3, -0.25) is 19.6 Å². The van der Waals surface area contributed by atoms with Gasteiger partial charge < -0.3 is 24.7 Å². The average molecular weight is 487 g/mol. The molecule has 11 heteroatoms. The third-order valence-electron chi connectivity index (χ3n) is 6.40. The fourth-order valence-electron chi connectivity index (χ4n) is 4.84. The number of aromatic nitrogens is 2. The number of hydrogen-bond donors (Lipinski definition) is 2. The van der Waals surface area contributed by atoms with Gasteiger partial charge in [0.2, 0.25) is 17.7 Å². The molecular weight excluding hydrogens is 466 g/mol. The van der Waals surface area contributed by atoms with Gasteiger partial charge in [0.15, 0.2) is 0 Å². The van der Waals surface area contributed by atoms with Crippen molar-refractivity contribution < 1.29 is 28.5 Å². The highest BCUT2D eigenvalue weighted by Gasteiger charge is 2.61. The van der Waals surface area contributed by atoms with Crippen LogP contribution >= 0.6 is 0 Å². The minimum atomic E-state index is -1.74. The summed E-state index contributed by atoms with van der Waals surface area (Å²) in [4.78, 5) is 27.9. The first-order chi connectivity index (χ1) is 17.4. The number of hydrogen-bond acceptors (Lipinski definition) is 9. The number of nitrogens with one attached hydrogen (secondary N) is 1. The fraction of sp³-hybridized carbons (Fsp3) is 0.200. The summed E-state index contributed by atoms with van der Waals surface area (Å²) in [6.07, 6.45) is 0. The predicted molar refractivity (Wildman–Crippen MR) is 126 cm³/mol. The standard InChI is InChI=1S/C25H21N5O6/c1-33-13-8-9-18(34-2)14(10-13)21-20-23(29-28-21)36-22(27)16(11-26)25(20)15-6-4-5-7-17(15)30(24(25)32)12-19(31)35-3/h4-10H,12,27H2,1-3H3,(H,28,29)/t25-/m1/s1. The van der Waals surface area contributed by atoms with Crippen molar-refractivity contribution in [2.24, 2.45) is 5.73 Å². The monoisotopic (exact) mass is 487 g/mol. The maximum Gasteiger partial charge on any atom is 0.325 e. The van der Waals surface area contributed by atoms with Crippen molar-refractivity contribution in [1.82, 2.24) is 10.2 Å². The Morgan fingerprint density at radius 3 is 2.69 bits per heavy atom. The molecular formula is C25H21N5O6. The van der Waals surface area contributed by atoms with Crippen LogP contribution in [-0.2, 0) is 19.7 Å². The van der Waals surface area contributed by atoms with Gasteiger partial charge in [-0.05, 0) is 24.3 Å². The third kappa shape index (κ3) is 2.94. The van der Waals surface area contributed by atoms with Crippen LogP contribution in [0.1, 0.15) is 11.1 Å². The molecule has 36 heavy (non-hydrogen) atoms. The van der Waals surface area contributed by atoms with E-state index in [0.29, 0.717) is 34.0 Å². The van der Waals surface area contributed by atoms with Gasteiger partial charge in [0.05, 0.1) is 32.6 Å². The number of methoxy groups -OCH3 is 3. The van der Waals surface area contributed by atoms with Gasteiger partial charge in [0.25, 0.3) is 0 Å². The smallest absolute Gasteiger partial charge is 0.325 e. The lowest BCUT2D eigenvalue weighted by atomic mass is 9.68. The molecule has 0 unspecified atom stereocenters. The van der Waals surface area contributed by atoms with E-state index in [1.807, 2.05) is 0 Å². The van der Waals surface area contributed by atoms with Gasteiger partial charge in [-0.15, -0.1) is 5.10 Å². The van der Waals surface area contributed by atoms with Gasteiger partial charge in [-0.1, -0.05) is 18.2 Å². The summed E-state index contributed by atoms with van der Waals surface area (Å²) in [7, 11) is 4.27. The van der Waals surface area contributed by atoms with Crippen molar-refractivity contribution in [2.75, 3.05) is 32.8 Å². The predicted octanol–water partition coefficient (Wildman–Crippen LogP) is 1.99. The van der Waals surface area contributed by atoms with Crippen LogP contribution < -0.4 is 24.8 Å². The van der Waals surface area contributed by atoms with Crippen molar-refractivity contribution in [1.29, 1.82) is 5.26 Å². The molecule has 0 radical (unpaired) electrons. The van der Waals surface area contributed by atoms with Crippen molar-refractivity contribution in [3.8, 4) is 34.7 Å². The maximum atomic E-state index is 14.4. The highest BCUT2D eigenvalue weighted by Crippen LogP contribution is 2.57. The molecule has 11 nitrogen and oxygen atoms in total. The molecule has 0 bridgehead atoms. The SMILES string of the molecule is COC(=O)CN1C(=O)[C@@]2(C(C#N)=C(N)Oc3n[nH]c(-c4cc(OC)ccc4OC)c32)c2ccccc21. The average Bonchev–Trinajstić information content (AvgIpc) is 3.42. The number of anilines is 1. The number of carbonyl (C=O) groups is 2. The van der Waals surface area contributed by atoms with Crippen LogP contribution in [0.15, 0.2) is 53.9 Å². The summed E-state index contributed by atoms with van der Waals surface area (Å²) in [5.41, 5.74) is 6.35. The zero-order valence-corrected chi connectivity index (χ0v) is 19.6. The van der Waals surface area contributed by atoms with Crippen molar-refractivity contribution in [3.05, 3.63) is 65.0 Å². The van der Waals surface area contributed by atoms with Crippen molar-refractivity contribution in [3.63, 3.8) is 0 Å². The van der Waals surface area contributed by atoms with E-state index >= 15 is 0 Å². The second kappa shape index (κ2) is 8.35. The van der Waals surface area contributed by atoms with Gasteiger partial charge >= 0.3 is 5.97 Å². The summed E-state index contributed by atoms with van der Waals surface area (Å²) < 4.78 is 21.5. The Kier molecular flexibility index (Phi) is 5.29. The van der Waals surface area contributed by atoms with E-state index in [1.54, 1.807) is 42.5 Å². The molecule has 3 N–H and O–H groups in total. The number of carbonyl (C=O) groups excluding carboxylic acids is 2. The number of para-hydroxylation sites is 1. The van der Waals surface area contributed by atoms with Crippen molar-refractivity contribution >= 4 is 17.6 Å². The summed E-state index contributed by atoms with van der Waals surface area (Å²) in [5, 5.41) is 17.5. The number of nitriles is 1. The molecule has 3 heterocycles. The molecule has 0 saturated carbocycles. The highest BCUT2D eigenvalue weighted by atomic mass is 16.5. The lowest BCUT2D eigenvalue weighted by Gasteiger charge is -2.32. The van der Waals surface area contributed by atoms with Crippen LogP contribution in [0.4, 0.5) is 5.69 Å². The van der Waals surface area contributed by atoms with Gasteiger partial charge in [0, 0.05) is 16.8 Å². The second-order valence-corrected chi connectivity index (χ2v) is 8.03. The van der Waals surface area contributed by atoms with Gasteiger partial charge in [0.1, 0.15) is 35.1 Å². The fourth-order valence-corrected chi connectivity index (χ4v) is 4.84. The highest BCUT2D eigenvalue weighted by molar-refractivity contribution is 6.16. The Hall–Kier alpha value is -4.98. The second-order valence-electron chi connectivity index (χ2n) is 8.03. The first-order valence-corrected chi connectivity index (χ1v) is 10.8. The molecule has 1 spiro atoms. The van der Waals surface area contributed by atoms with E-state index in [-0.39, 0.29) is 29.4 Å².